The summed E-state index contributed by atoms with van der Waals surface area (Å²) in [5, 5.41) is 5.54. The quantitative estimate of drug-likeness (QED) is 0.683. The molecule has 0 bridgehead atoms. The van der Waals surface area contributed by atoms with Crippen molar-refractivity contribution in [2.24, 2.45) is 5.10 Å². The first-order chi connectivity index (χ1) is 15.8. The lowest BCUT2D eigenvalue weighted by Crippen LogP contribution is -2.52. The van der Waals surface area contributed by atoms with E-state index in [0.717, 1.165) is 6.07 Å². The summed E-state index contributed by atoms with van der Waals surface area (Å²) in [6.45, 7) is 1.34. The van der Waals surface area contributed by atoms with Crippen molar-refractivity contribution in [1.29, 1.82) is 0 Å². The lowest BCUT2D eigenvalue weighted by Gasteiger charge is -2.35. The maximum Gasteiger partial charge on any atom is 0.270 e. The zero-order valence-corrected chi connectivity index (χ0v) is 18.4. The standard InChI is InChI=1S/C23H21ClF2N4O3/c24-19-13-17(26)5-6-18(19)22(32)28-9-11-29(12-10-28)23(33)20-7-8-21(31)30(27-20)14-15-1-3-16(25)4-2-15/h1-6,13H,7-12,14H2. The molecule has 10 heteroatoms. The predicted octanol–water partition coefficient (Wildman–Crippen LogP) is 3.08. The molecule has 0 unspecified atom stereocenters. The second-order valence-corrected chi connectivity index (χ2v) is 8.24. The van der Waals surface area contributed by atoms with Gasteiger partial charge in [-0.15, -0.1) is 0 Å². The molecule has 0 aromatic heterocycles. The van der Waals surface area contributed by atoms with E-state index in [1.54, 1.807) is 21.9 Å². The molecule has 4 rings (SSSR count). The summed E-state index contributed by atoms with van der Waals surface area (Å²) in [6, 6.07) is 9.36. The number of hydrogen-bond acceptors (Lipinski definition) is 4. The van der Waals surface area contributed by atoms with Gasteiger partial charge in [0.05, 0.1) is 17.1 Å². The number of hydrogen-bond donors (Lipinski definition) is 0. The van der Waals surface area contributed by atoms with Crippen LogP contribution in [0.5, 0.6) is 0 Å². The van der Waals surface area contributed by atoms with Gasteiger partial charge in [-0.25, -0.2) is 13.8 Å². The fourth-order valence-electron chi connectivity index (χ4n) is 3.77. The number of amides is 3. The highest BCUT2D eigenvalue weighted by atomic mass is 35.5. The van der Waals surface area contributed by atoms with Gasteiger partial charge >= 0.3 is 0 Å². The van der Waals surface area contributed by atoms with Crippen LogP contribution in [0.2, 0.25) is 5.02 Å². The van der Waals surface area contributed by atoms with Crippen molar-refractivity contribution in [2.75, 3.05) is 26.2 Å². The average Bonchev–Trinajstić information content (AvgIpc) is 2.81. The topological polar surface area (TPSA) is 73.3 Å². The van der Waals surface area contributed by atoms with Gasteiger partial charge in [0.15, 0.2) is 0 Å². The largest absolute Gasteiger partial charge is 0.335 e. The molecule has 33 heavy (non-hydrogen) atoms. The van der Waals surface area contributed by atoms with E-state index in [4.69, 9.17) is 11.6 Å². The van der Waals surface area contributed by atoms with E-state index in [1.807, 2.05) is 0 Å². The number of nitrogens with zero attached hydrogens (tertiary/aromatic N) is 4. The zero-order chi connectivity index (χ0) is 23.5. The Bertz CT molecular complexity index is 1120. The summed E-state index contributed by atoms with van der Waals surface area (Å²) in [6.07, 6.45) is 0.398. The van der Waals surface area contributed by atoms with Crippen LogP contribution in [0.1, 0.15) is 28.8 Å². The van der Waals surface area contributed by atoms with Gasteiger partial charge in [0.1, 0.15) is 17.3 Å². The van der Waals surface area contributed by atoms with Crippen molar-refractivity contribution >= 4 is 35.0 Å². The number of benzene rings is 2. The van der Waals surface area contributed by atoms with Gasteiger partial charge < -0.3 is 9.80 Å². The Morgan fingerprint density at radius 2 is 1.48 bits per heavy atom. The Morgan fingerprint density at radius 3 is 2.12 bits per heavy atom. The van der Waals surface area contributed by atoms with Crippen LogP contribution in [-0.2, 0) is 16.1 Å². The second-order valence-electron chi connectivity index (χ2n) is 7.83. The third kappa shape index (κ3) is 5.19. The molecule has 7 nitrogen and oxygen atoms in total. The molecular formula is C23H21ClF2N4O3. The first-order valence-corrected chi connectivity index (χ1v) is 10.9. The third-order valence-electron chi connectivity index (χ3n) is 5.61. The van der Waals surface area contributed by atoms with Crippen LogP contribution in [0, 0.1) is 11.6 Å². The first-order valence-electron chi connectivity index (χ1n) is 10.5. The van der Waals surface area contributed by atoms with Crippen LogP contribution >= 0.6 is 11.6 Å². The molecule has 0 spiro atoms. The number of rotatable bonds is 4. The summed E-state index contributed by atoms with van der Waals surface area (Å²) < 4.78 is 26.4. The lowest BCUT2D eigenvalue weighted by molar-refractivity contribution is -0.132. The molecule has 2 aliphatic heterocycles. The second kappa shape index (κ2) is 9.66. The number of piperazine rings is 1. The molecule has 2 heterocycles. The molecular weight excluding hydrogens is 454 g/mol. The fraction of sp³-hybridized carbons (Fsp3) is 0.304. The van der Waals surface area contributed by atoms with Crippen LogP contribution in [0.3, 0.4) is 0 Å². The van der Waals surface area contributed by atoms with Crippen molar-refractivity contribution in [3.05, 3.63) is 70.2 Å². The van der Waals surface area contributed by atoms with E-state index in [2.05, 4.69) is 5.10 Å². The van der Waals surface area contributed by atoms with Crippen LogP contribution < -0.4 is 0 Å². The van der Waals surface area contributed by atoms with Crippen molar-refractivity contribution in [1.82, 2.24) is 14.8 Å². The normalized spacial score (nSPS) is 16.6. The fourth-order valence-corrected chi connectivity index (χ4v) is 4.02. The Hall–Kier alpha value is -3.33. The van der Waals surface area contributed by atoms with Crippen molar-refractivity contribution in [2.45, 2.75) is 19.4 Å². The highest BCUT2D eigenvalue weighted by Gasteiger charge is 2.31. The van der Waals surface area contributed by atoms with Crippen LogP contribution in [0.25, 0.3) is 0 Å². The number of carbonyl (C=O) groups is 3. The Kier molecular flexibility index (Phi) is 6.69. The van der Waals surface area contributed by atoms with Crippen LogP contribution in [0.15, 0.2) is 47.6 Å². The zero-order valence-electron chi connectivity index (χ0n) is 17.6. The average molecular weight is 475 g/mol. The molecule has 2 aromatic rings. The van der Waals surface area contributed by atoms with Gasteiger partial charge in [0, 0.05) is 39.0 Å². The van der Waals surface area contributed by atoms with Gasteiger partial charge in [0.2, 0.25) is 5.91 Å². The first kappa shape index (κ1) is 22.8. The van der Waals surface area contributed by atoms with Crippen molar-refractivity contribution < 1.29 is 23.2 Å². The molecule has 3 amide bonds. The van der Waals surface area contributed by atoms with E-state index in [0.29, 0.717) is 31.7 Å². The minimum atomic E-state index is -0.521. The van der Waals surface area contributed by atoms with Crippen LogP contribution in [-0.4, -0.2) is 64.4 Å². The minimum absolute atomic E-state index is 0.0426. The molecule has 0 saturated carbocycles. The highest BCUT2D eigenvalue weighted by Crippen LogP contribution is 2.21. The smallest absolute Gasteiger partial charge is 0.270 e. The van der Waals surface area contributed by atoms with Crippen molar-refractivity contribution in [3.8, 4) is 0 Å². The van der Waals surface area contributed by atoms with E-state index < -0.39 is 5.82 Å². The Balaban J connectivity index is 1.38. The van der Waals surface area contributed by atoms with Gasteiger partial charge in [0.25, 0.3) is 11.8 Å². The van der Waals surface area contributed by atoms with Gasteiger partial charge in [-0.1, -0.05) is 23.7 Å². The Labute approximate surface area is 194 Å². The molecule has 1 fully saturated rings. The number of carbonyl (C=O) groups excluding carboxylic acids is 3. The maximum atomic E-state index is 13.3. The van der Waals surface area contributed by atoms with Crippen LogP contribution in [0.4, 0.5) is 8.78 Å². The highest BCUT2D eigenvalue weighted by molar-refractivity contribution is 6.39. The summed E-state index contributed by atoms with van der Waals surface area (Å²) in [7, 11) is 0. The maximum absolute atomic E-state index is 13.3. The third-order valence-corrected chi connectivity index (χ3v) is 5.93. The molecule has 0 atom stereocenters. The predicted molar refractivity (Wildman–Crippen MR) is 118 cm³/mol. The molecule has 2 aromatic carbocycles. The molecule has 0 N–H and O–H groups in total. The summed E-state index contributed by atoms with van der Waals surface area (Å²) >= 11 is 6.00. The van der Waals surface area contributed by atoms with Gasteiger partial charge in [-0.3, -0.25) is 14.4 Å². The summed E-state index contributed by atoms with van der Waals surface area (Å²) in [5.41, 5.74) is 1.19. The number of halogens is 3. The minimum Gasteiger partial charge on any atom is -0.335 e. The SMILES string of the molecule is O=C(C1=NN(Cc2ccc(F)cc2)C(=O)CC1)N1CCN(C(=O)c2ccc(F)cc2Cl)CC1. The number of hydrazone groups is 1. The lowest BCUT2D eigenvalue weighted by atomic mass is 10.1. The summed E-state index contributed by atoms with van der Waals surface area (Å²) in [5.74, 6) is -1.70. The Morgan fingerprint density at radius 1 is 0.879 bits per heavy atom. The molecule has 0 aliphatic carbocycles. The summed E-state index contributed by atoms with van der Waals surface area (Å²) in [4.78, 5) is 41.1. The van der Waals surface area contributed by atoms with Gasteiger partial charge in [-0.05, 0) is 35.9 Å². The molecule has 2 aliphatic rings. The van der Waals surface area contributed by atoms with E-state index in [-0.39, 0.29) is 59.2 Å². The molecule has 0 radical (unpaired) electrons. The molecule has 172 valence electrons. The van der Waals surface area contributed by atoms with Gasteiger partial charge in [-0.2, -0.15) is 5.10 Å². The van der Waals surface area contributed by atoms with E-state index in [1.165, 1.54) is 29.3 Å². The monoisotopic (exact) mass is 474 g/mol. The van der Waals surface area contributed by atoms with Crippen molar-refractivity contribution in [3.63, 3.8) is 0 Å². The van der Waals surface area contributed by atoms with E-state index in [9.17, 15) is 23.2 Å². The molecule has 1 saturated heterocycles. The van der Waals surface area contributed by atoms with E-state index >= 15 is 0 Å².